The van der Waals surface area contributed by atoms with Gasteiger partial charge in [-0.1, -0.05) is 13.3 Å². The van der Waals surface area contributed by atoms with Gasteiger partial charge in [0.05, 0.1) is 0 Å². The van der Waals surface area contributed by atoms with Gasteiger partial charge in [-0.25, -0.2) is 0 Å². The summed E-state index contributed by atoms with van der Waals surface area (Å²) in [7, 11) is 0. The number of fused-ring (bicyclic) bond motifs is 1. The maximum absolute atomic E-state index is 3.77. The van der Waals surface area contributed by atoms with Crippen molar-refractivity contribution in [3.05, 3.63) is 0 Å². The fraction of sp³-hybridized carbons (Fsp3) is 1.00. The molecule has 0 aromatic carbocycles. The molecule has 4 unspecified atom stereocenters. The second-order valence-corrected chi connectivity index (χ2v) is 7.27. The molecule has 0 saturated carbocycles. The first kappa shape index (κ1) is 13.8. The van der Waals surface area contributed by atoms with Gasteiger partial charge >= 0.3 is 0 Å². The van der Waals surface area contributed by atoms with Gasteiger partial charge in [0.15, 0.2) is 0 Å². The smallest absolute Gasteiger partial charge is 0.0278 e. The normalized spacial score (nSPS) is 45.3. The van der Waals surface area contributed by atoms with E-state index in [4.69, 9.17) is 0 Å². The Kier molecular flexibility index (Phi) is 3.89. The predicted octanol–water partition coefficient (Wildman–Crippen LogP) is 2.08. The Labute approximate surface area is 118 Å². The molecule has 110 valence electrons. The summed E-state index contributed by atoms with van der Waals surface area (Å²) < 4.78 is 0. The maximum atomic E-state index is 3.77. The minimum Gasteiger partial charge on any atom is -0.309 e. The third kappa shape index (κ3) is 2.57. The topological polar surface area (TPSA) is 18.5 Å². The Morgan fingerprint density at radius 2 is 2.00 bits per heavy atom. The molecule has 4 atom stereocenters. The average Bonchev–Trinajstić information content (AvgIpc) is 2.86. The van der Waals surface area contributed by atoms with E-state index >= 15 is 0 Å². The average molecular weight is 265 g/mol. The van der Waals surface area contributed by atoms with Crippen molar-refractivity contribution in [3.63, 3.8) is 0 Å². The molecule has 3 rings (SSSR count). The van der Waals surface area contributed by atoms with Crippen molar-refractivity contribution in [1.29, 1.82) is 0 Å². The van der Waals surface area contributed by atoms with Crippen LogP contribution >= 0.6 is 0 Å². The lowest BCUT2D eigenvalue weighted by atomic mass is 9.90. The molecule has 0 bridgehead atoms. The van der Waals surface area contributed by atoms with Crippen LogP contribution in [0.1, 0.15) is 52.9 Å². The molecule has 0 aliphatic carbocycles. The van der Waals surface area contributed by atoms with Gasteiger partial charge in [0.1, 0.15) is 0 Å². The first-order valence-corrected chi connectivity index (χ1v) is 8.38. The molecule has 19 heavy (non-hydrogen) atoms. The molecule has 0 spiro atoms. The highest BCUT2D eigenvalue weighted by Crippen LogP contribution is 2.33. The SMILES string of the molecule is CCC1(C)CN(C2CCN3CCCCC23)C(C)CN1. The highest BCUT2D eigenvalue weighted by atomic mass is 15.3. The highest BCUT2D eigenvalue weighted by molar-refractivity contribution is 5.02. The van der Waals surface area contributed by atoms with Gasteiger partial charge in [-0.15, -0.1) is 0 Å². The summed E-state index contributed by atoms with van der Waals surface area (Å²) in [6.07, 6.45) is 6.94. The van der Waals surface area contributed by atoms with Gasteiger partial charge in [0.25, 0.3) is 0 Å². The largest absolute Gasteiger partial charge is 0.309 e. The third-order valence-electron chi connectivity index (χ3n) is 5.95. The standard InChI is InChI=1S/C16H31N3/c1-4-16(3)12-19(13(2)11-17-16)15-8-10-18-9-6-5-7-14(15)18/h13-15,17H,4-12H2,1-3H3. The second-order valence-electron chi connectivity index (χ2n) is 7.27. The van der Waals surface area contributed by atoms with Gasteiger partial charge < -0.3 is 5.32 Å². The number of hydrogen-bond donors (Lipinski definition) is 1. The zero-order valence-electron chi connectivity index (χ0n) is 13.0. The number of rotatable bonds is 2. The van der Waals surface area contributed by atoms with Gasteiger partial charge in [0, 0.05) is 43.3 Å². The van der Waals surface area contributed by atoms with Crippen LogP contribution in [-0.4, -0.2) is 59.6 Å². The van der Waals surface area contributed by atoms with Crippen molar-refractivity contribution in [3.8, 4) is 0 Å². The van der Waals surface area contributed by atoms with Crippen LogP contribution in [0.4, 0.5) is 0 Å². The molecule has 0 radical (unpaired) electrons. The van der Waals surface area contributed by atoms with Crippen molar-refractivity contribution in [2.75, 3.05) is 26.2 Å². The summed E-state index contributed by atoms with van der Waals surface area (Å²) in [5.74, 6) is 0. The van der Waals surface area contributed by atoms with Crippen LogP contribution < -0.4 is 5.32 Å². The van der Waals surface area contributed by atoms with Crippen LogP contribution in [0.3, 0.4) is 0 Å². The monoisotopic (exact) mass is 265 g/mol. The minimum atomic E-state index is 0.328. The van der Waals surface area contributed by atoms with E-state index in [1.54, 1.807) is 0 Å². The maximum Gasteiger partial charge on any atom is 0.0278 e. The Bertz CT molecular complexity index is 319. The Morgan fingerprint density at radius 3 is 2.79 bits per heavy atom. The Morgan fingerprint density at radius 1 is 1.16 bits per heavy atom. The molecular formula is C16H31N3. The van der Waals surface area contributed by atoms with Gasteiger partial charge in [-0.05, 0) is 46.1 Å². The van der Waals surface area contributed by atoms with Crippen molar-refractivity contribution >= 4 is 0 Å². The lowest BCUT2D eigenvalue weighted by molar-refractivity contribution is 0.0297. The molecule has 0 aromatic heterocycles. The number of nitrogens with zero attached hydrogens (tertiary/aromatic N) is 2. The number of nitrogens with one attached hydrogen (secondary N) is 1. The summed E-state index contributed by atoms with van der Waals surface area (Å²) >= 11 is 0. The van der Waals surface area contributed by atoms with Crippen LogP contribution in [0.5, 0.6) is 0 Å². The molecular weight excluding hydrogens is 234 g/mol. The summed E-state index contributed by atoms with van der Waals surface area (Å²) in [4.78, 5) is 5.61. The molecule has 3 heteroatoms. The van der Waals surface area contributed by atoms with Crippen LogP contribution in [0.2, 0.25) is 0 Å². The molecule has 3 saturated heterocycles. The van der Waals surface area contributed by atoms with Gasteiger partial charge in [-0.2, -0.15) is 0 Å². The van der Waals surface area contributed by atoms with Crippen LogP contribution in [0, 0.1) is 0 Å². The first-order valence-electron chi connectivity index (χ1n) is 8.38. The van der Waals surface area contributed by atoms with Crippen molar-refractivity contribution < 1.29 is 0 Å². The van der Waals surface area contributed by atoms with E-state index in [9.17, 15) is 0 Å². The zero-order valence-corrected chi connectivity index (χ0v) is 13.0. The quantitative estimate of drug-likeness (QED) is 0.825. The lowest BCUT2D eigenvalue weighted by Crippen LogP contribution is -2.65. The molecule has 3 nitrogen and oxygen atoms in total. The molecule has 3 heterocycles. The third-order valence-corrected chi connectivity index (χ3v) is 5.95. The van der Waals surface area contributed by atoms with E-state index in [1.165, 1.54) is 51.7 Å². The van der Waals surface area contributed by atoms with Gasteiger partial charge in [-0.3, -0.25) is 9.80 Å². The van der Waals surface area contributed by atoms with E-state index in [0.29, 0.717) is 11.6 Å². The molecule has 3 aliphatic heterocycles. The van der Waals surface area contributed by atoms with Crippen molar-refractivity contribution in [2.24, 2.45) is 0 Å². The molecule has 3 aliphatic rings. The fourth-order valence-corrected chi connectivity index (χ4v) is 4.41. The van der Waals surface area contributed by atoms with E-state index in [0.717, 1.165) is 18.6 Å². The number of piperazine rings is 1. The highest BCUT2D eigenvalue weighted by Gasteiger charge is 2.43. The van der Waals surface area contributed by atoms with E-state index in [-0.39, 0.29) is 0 Å². The summed E-state index contributed by atoms with van der Waals surface area (Å²) in [6, 6.07) is 2.38. The van der Waals surface area contributed by atoms with Gasteiger partial charge in [0.2, 0.25) is 0 Å². The van der Waals surface area contributed by atoms with Crippen molar-refractivity contribution in [2.45, 2.75) is 76.5 Å². The Hall–Kier alpha value is -0.120. The molecule has 1 N–H and O–H groups in total. The summed E-state index contributed by atoms with van der Waals surface area (Å²) in [5.41, 5.74) is 0.328. The first-order chi connectivity index (χ1) is 9.13. The molecule has 0 aromatic rings. The second kappa shape index (κ2) is 5.34. The summed E-state index contributed by atoms with van der Waals surface area (Å²) in [5, 5.41) is 3.77. The zero-order chi connectivity index (χ0) is 13.5. The van der Waals surface area contributed by atoms with Crippen LogP contribution in [-0.2, 0) is 0 Å². The number of hydrogen-bond acceptors (Lipinski definition) is 3. The minimum absolute atomic E-state index is 0.328. The van der Waals surface area contributed by atoms with E-state index < -0.39 is 0 Å². The van der Waals surface area contributed by atoms with Crippen LogP contribution in [0.15, 0.2) is 0 Å². The Balaban J connectivity index is 1.73. The van der Waals surface area contributed by atoms with E-state index in [2.05, 4.69) is 35.9 Å². The summed E-state index contributed by atoms with van der Waals surface area (Å²) in [6.45, 7) is 12.2. The molecule has 0 amide bonds. The van der Waals surface area contributed by atoms with Crippen molar-refractivity contribution in [1.82, 2.24) is 15.1 Å². The lowest BCUT2D eigenvalue weighted by Gasteiger charge is -2.49. The van der Waals surface area contributed by atoms with Crippen LogP contribution in [0.25, 0.3) is 0 Å². The molecule has 3 fully saturated rings. The fourth-order valence-electron chi connectivity index (χ4n) is 4.41. The van der Waals surface area contributed by atoms with E-state index in [1.807, 2.05) is 0 Å². The number of piperidine rings is 1. The predicted molar refractivity (Wildman–Crippen MR) is 80.5 cm³/mol.